The van der Waals surface area contributed by atoms with Gasteiger partial charge in [-0.25, -0.2) is 0 Å². The Morgan fingerprint density at radius 1 is 0.548 bits per heavy atom. The van der Waals surface area contributed by atoms with E-state index < -0.39 is 0 Å². The van der Waals surface area contributed by atoms with Crippen LogP contribution < -0.4 is 0 Å². The Hall–Kier alpha value is -5.14. The van der Waals surface area contributed by atoms with Gasteiger partial charge in [0.15, 0.2) is 0 Å². The third-order valence-corrected chi connectivity index (χ3v) is 9.29. The molecule has 0 radical (unpaired) electrons. The third kappa shape index (κ3) is 3.50. The Morgan fingerprint density at radius 3 is 2.31 bits per heavy atom. The SMILES string of the molecule is C1=Cc2ccc3ccc(C4=Cc5ccc6c(c5CC4)c4ccccc4n6-c4cccc5ccccc45)cc3c2C=CC1. The standard InChI is InChI=1S/C41H29N/c1-2-9-28-17-18-29-19-20-31(26-37(29)33(28)12-3-1)30-21-23-35-32(25-30)22-24-40-41(35)36-14-6-7-15-39(36)42(40)38-16-8-11-27-10-4-5-13-34(27)38/h2-20,22,24-26H,1,21,23H2. The van der Waals surface area contributed by atoms with Crippen LogP contribution >= 0.6 is 0 Å². The molecule has 0 atom stereocenters. The second-order valence-corrected chi connectivity index (χ2v) is 11.6. The molecule has 7 aromatic rings. The van der Waals surface area contributed by atoms with Crippen LogP contribution in [0.15, 0.2) is 121 Å². The first kappa shape index (κ1) is 23.6. The van der Waals surface area contributed by atoms with Gasteiger partial charge >= 0.3 is 0 Å². The fourth-order valence-corrected chi connectivity index (χ4v) is 7.31. The molecule has 1 aromatic heterocycles. The van der Waals surface area contributed by atoms with Crippen molar-refractivity contribution in [3.63, 3.8) is 0 Å². The van der Waals surface area contributed by atoms with Crippen molar-refractivity contribution in [2.75, 3.05) is 0 Å². The Bertz CT molecular complexity index is 2320. The first-order chi connectivity index (χ1) is 20.8. The van der Waals surface area contributed by atoms with E-state index >= 15 is 0 Å². The minimum atomic E-state index is 0.989. The lowest BCUT2D eigenvalue weighted by Crippen LogP contribution is -2.01. The van der Waals surface area contributed by atoms with Gasteiger partial charge < -0.3 is 4.57 Å². The first-order valence-corrected chi connectivity index (χ1v) is 15.0. The van der Waals surface area contributed by atoms with Gasteiger partial charge in [-0.15, -0.1) is 0 Å². The fraction of sp³-hybridized carbons (Fsp3) is 0.0732. The van der Waals surface area contributed by atoms with Gasteiger partial charge in [-0.2, -0.15) is 0 Å². The summed E-state index contributed by atoms with van der Waals surface area (Å²) < 4.78 is 2.48. The van der Waals surface area contributed by atoms with Crippen molar-refractivity contribution in [2.24, 2.45) is 0 Å². The number of hydrogen-bond acceptors (Lipinski definition) is 0. The summed E-state index contributed by atoms with van der Waals surface area (Å²) in [4.78, 5) is 0. The summed E-state index contributed by atoms with van der Waals surface area (Å²) in [7, 11) is 0. The Kier molecular flexibility index (Phi) is 5.15. The van der Waals surface area contributed by atoms with Crippen molar-refractivity contribution in [1.29, 1.82) is 0 Å². The average molecular weight is 536 g/mol. The largest absolute Gasteiger partial charge is 0.309 e. The summed E-state index contributed by atoms with van der Waals surface area (Å²) in [6, 6.07) is 40.5. The third-order valence-electron chi connectivity index (χ3n) is 9.29. The predicted octanol–water partition coefficient (Wildman–Crippen LogP) is 11.0. The van der Waals surface area contributed by atoms with Crippen molar-refractivity contribution in [3.05, 3.63) is 149 Å². The highest BCUT2D eigenvalue weighted by molar-refractivity contribution is 6.13. The molecule has 9 rings (SSSR count). The molecule has 2 aliphatic rings. The second-order valence-electron chi connectivity index (χ2n) is 11.6. The van der Waals surface area contributed by atoms with Crippen LogP contribution in [0.5, 0.6) is 0 Å². The minimum Gasteiger partial charge on any atom is -0.309 e. The lowest BCUT2D eigenvalue weighted by atomic mass is 9.85. The molecule has 0 saturated carbocycles. The van der Waals surface area contributed by atoms with Gasteiger partial charge in [0.2, 0.25) is 0 Å². The van der Waals surface area contributed by atoms with E-state index in [0.717, 1.165) is 19.3 Å². The maximum atomic E-state index is 2.48. The molecule has 198 valence electrons. The number of allylic oxidation sites excluding steroid dienone is 3. The van der Waals surface area contributed by atoms with Crippen LogP contribution in [0, 0.1) is 0 Å². The number of rotatable bonds is 2. The zero-order valence-electron chi connectivity index (χ0n) is 23.3. The molecular weight excluding hydrogens is 506 g/mol. The zero-order chi connectivity index (χ0) is 27.6. The smallest absolute Gasteiger partial charge is 0.0544 e. The van der Waals surface area contributed by atoms with Crippen molar-refractivity contribution in [3.8, 4) is 5.69 Å². The van der Waals surface area contributed by atoms with E-state index in [-0.39, 0.29) is 0 Å². The molecule has 0 N–H and O–H groups in total. The van der Waals surface area contributed by atoms with Gasteiger partial charge in [0.1, 0.15) is 0 Å². The number of aromatic nitrogens is 1. The van der Waals surface area contributed by atoms with Crippen LogP contribution in [0.4, 0.5) is 0 Å². The van der Waals surface area contributed by atoms with Crippen LogP contribution in [0.2, 0.25) is 0 Å². The normalized spacial score (nSPS) is 14.3. The molecular formula is C41H29N. The van der Waals surface area contributed by atoms with Crippen molar-refractivity contribution >= 4 is 67.2 Å². The lowest BCUT2D eigenvalue weighted by molar-refractivity contribution is 1.01. The highest BCUT2D eigenvalue weighted by Crippen LogP contribution is 2.41. The summed E-state index contributed by atoms with van der Waals surface area (Å²) in [5.41, 5.74) is 12.0. The quantitative estimate of drug-likeness (QED) is 0.207. The van der Waals surface area contributed by atoms with E-state index in [1.807, 2.05) is 0 Å². The predicted molar refractivity (Wildman–Crippen MR) is 181 cm³/mol. The van der Waals surface area contributed by atoms with Gasteiger partial charge in [0.25, 0.3) is 0 Å². The van der Waals surface area contributed by atoms with Crippen LogP contribution in [-0.2, 0) is 6.42 Å². The van der Waals surface area contributed by atoms with Crippen molar-refractivity contribution in [2.45, 2.75) is 19.3 Å². The molecule has 0 aliphatic heterocycles. The van der Waals surface area contributed by atoms with Crippen LogP contribution in [0.1, 0.15) is 40.7 Å². The van der Waals surface area contributed by atoms with E-state index in [0.29, 0.717) is 0 Å². The molecule has 0 amide bonds. The molecule has 6 aromatic carbocycles. The first-order valence-electron chi connectivity index (χ1n) is 15.0. The maximum absolute atomic E-state index is 2.48. The highest BCUT2D eigenvalue weighted by atomic mass is 15.0. The number of benzene rings is 6. The minimum absolute atomic E-state index is 0.989. The van der Waals surface area contributed by atoms with E-state index in [2.05, 4.69) is 144 Å². The molecule has 0 bridgehead atoms. The van der Waals surface area contributed by atoms with Gasteiger partial charge in [0.05, 0.1) is 16.7 Å². The number of hydrogen-bond donors (Lipinski definition) is 0. The van der Waals surface area contributed by atoms with E-state index in [9.17, 15) is 0 Å². The van der Waals surface area contributed by atoms with Gasteiger partial charge in [-0.1, -0.05) is 115 Å². The lowest BCUT2D eigenvalue weighted by Gasteiger charge is -2.19. The maximum Gasteiger partial charge on any atom is 0.0544 e. The number of fused-ring (bicyclic) bond motifs is 9. The van der Waals surface area contributed by atoms with Gasteiger partial charge in [-0.3, -0.25) is 0 Å². The summed E-state index contributed by atoms with van der Waals surface area (Å²) in [6.45, 7) is 0. The Balaban J connectivity index is 1.24. The van der Waals surface area contributed by atoms with Gasteiger partial charge in [-0.05, 0) is 93.1 Å². The van der Waals surface area contributed by atoms with Crippen LogP contribution in [-0.4, -0.2) is 4.57 Å². The molecule has 0 spiro atoms. The van der Waals surface area contributed by atoms with Crippen LogP contribution in [0.25, 0.3) is 72.8 Å². The van der Waals surface area contributed by atoms with E-state index in [4.69, 9.17) is 0 Å². The van der Waals surface area contributed by atoms with E-state index in [1.165, 1.54) is 82.4 Å². The Morgan fingerprint density at radius 2 is 1.33 bits per heavy atom. The topological polar surface area (TPSA) is 4.93 Å². The average Bonchev–Trinajstić information content (AvgIpc) is 3.19. The second kappa shape index (κ2) is 9.19. The molecule has 1 heteroatoms. The van der Waals surface area contributed by atoms with E-state index in [1.54, 1.807) is 0 Å². The molecule has 1 heterocycles. The summed E-state index contributed by atoms with van der Waals surface area (Å²) >= 11 is 0. The molecule has 2 aliphatic carbocycles. The molecule has 42 heavy (non-hydrogen) atoms. The number of para-hydroxylation sites is 1. The zero-order valence-corrected chi connectivity index (χ0v) is 23.3. The van der Waals surface area contributed by atoms with Crippen molar-refractivity contribution in [1.82, 2.24) is 4.57 Å². The monoisotopic (exact) mass is 535 g/mol. The number of nitrogens with zero attached hydrogens (tertiary/aromatic N) is 1. The summed E-state index contributed by atoms with van der Waals surface area (Å²) in [5.74, 6) is 0. The molecule has 0 fully saturated rings. The molecule has 1 nitrogen and oxygen atoms in total. The van der Waals surface area contributed by atoms with Crippen molar-refractivity contribution < 1.29 is 0 Å². The number of aryl methyl sites for hydroxylation is 1. The summed E-state index contributed by atoms with van der Waals surface area (Å²) in [5, 5.41) is 7.92. The Labute approximate surface area is 245 Å². The highest BCUT2D eigenvalue weighted by Gasteiger charge is 2.21. The molecule has 0 unspecified atom stereocenters. The fourth-order valence-electron chi connectivity index (χ4n) is 7.31. The van der Waals surface area contributed by atoms with Gasteiger partial charge in [0, 0.05) is 16.2 Å². The summed E-state index contributed by atoms with van der Waals surface area (Å²) in [6.07, 6.45) is 14.6. The molecule has 0 saturated heterocycles. The van der Waals surface area contributed by atoms with Crippen LogP contribution in [0.3, 0.4) is 0 Å².